The molecule has 0 spiro atoms. The third-order valence-electron chi connectivity index (χ3n) is 4.52. The number of carbonyl (C=O) groups excluding carboxylic acids is 1. The van der Waals surface area contributed by atoms with Gasteiger partial charge in [-0.2, -0.15) is 5.10 Å². The quantitative estimate of drug-likeness (QED) is 0.917. The Kier molecular flexibility index (Phi) is 6.34. The van der Waals surface area contributed by atoms with Crippen molar-refractivity contribution in [1.29, 1.82) is 0 Å². The summed E-state index contributed by atoms with van der Waals surface area (Å²) >= 11 is 0. The molecule has 1 fully saturated rings. The van der Waals surface area contributed by atoms with Crippen LogP contribution in [0.15, 0.2) is 30.9 Å². The Morgan fingerprint density at radius 3 is 2.67 bits per heavy atom. The lowest BCUT2D eigenvalue weighted by atomic mass is 9.96. The number of hydrogen-bond donors (Lipinski definition) is 1. The summed E-state index contributed by atoms with van der Waals surface area (Å²) in [5.74, 6) is 0.815. The number of piperidine rings is 1. The normalized spacial score (nSPS) is 15.2. The van der Waals surface area contributed by atoms with Crippen LogP contribution in [0.25, 0.3) is 5.69 Å². The average Bonchev–Trinajstić information content (AvgIpc) is 3.10. The van der Waals surface area contributed by atoms with Gasteiger partial charge in [0.25, 0.3) is 5.91 Å². The van der Waals surface area contributed by atoms with Gasteiger partial charge < -0.3 is 10.2 Å². The zero-order valence-corrected chi connectivity index (χ0v) is 14.9. The third-order valence-corrected chi connectivity index (χ3v) is 4.52. The van der Waals surface area contributed by atoms with E-state index in [-0.39, 0.29) is 18.3 Å². The number of benzene rings is 1. The Morgan fingerprint density at radius 1 is 1.33 bits per heavy atom. The van der Waals surface area contributed by atoms with Gasteiger partial charge in [0.15, 0.2) is 0 Å². The Morgan fingerprint density at radius 2 is 2.08 bits per heavy atom. The van der Waals surface area contributed by atoms with Crippen molar-refractivity contribution < 1.29 is 4.79 Å². The molecule has 2 aromatic rings. The van der Waals surface area contributed by atoms with Crippen LogP contribution in [-0.2, 0) is 0 Å². The zero-order chi connectivity index (χ0) is 16.2. The molecule has 0 saturated carbocycles. The van der Waals surface area contributed by atoms with Gasteiger partial charge in [-0.25, -0.2) is 9.67 Å². The molecule has 1 aromatic heterocycles. The number of carbonyl (C=O) groups is 1. The largest absolute Gasteiger partial charge is 0.339 e. The van der Waals surface area contributed by atoms with Gasteiger partial charge >= 0.3 is 0 Å². The smallest absolute Gasteiger partial charge is 0.254 e. The fourth-order valence-electron chi connectivity index (χ4n) is 3.17. The molecule has 0 unspecified atom stereocenters. The first-order chi connectivity index (χ1) is 11.2. The molecule has 1 saturated heterocycles. The average molecular weight is 350 g/mol. The SMILES string of the molecule is CNCC1CCN(C(=O)c2ccc(-n3cncn3)cc2C)CC1.Cl. The van der Waals surface area contributed by atoms with Gasteiger partial charge in [-0.05, 0) is 63.0 Å². The molecule has 1 aliphatic heterocycles. The third kappa shape index (κ3) is 3.94. The molecule has 0 aliphatic carbocycles. The summed E-state index contributed by atoms with van der Waals surface area (Å²) in [7, 11) is 1.98. The predicted molar refractivity (Wildman–Crippen MR) is 95.9 cm³/mol. The standard InChI is InChI=1S/C17H23N5O.ClH/c1-13-9-15(22-12-19-11-20-22)3-4-16(13)17(23)21-7-5-14(6-8-21)10-18-2;/h3-4,9,11-12,14,18H,5-8,10H2,1-2H3;1H. The summed E-state index contributed by atoms with van der Waals surface area (Å²) in [5.41, 5.74) is 2.67. The maximum atomic E-state index is 12.8. The fourth-order valence-corrected chi connectivity index (χ4v) is 3.17. The van der Waals surface area contributed by atoms with Gasteiger partial charge in [0.1, 0.15) is 12.7 Å². The van der Waals surface area contributed by atoms with E-state index in [4.69, 9.17) is 0 Å². The molecule has 7 heteroatoms. The molecule has 3 rings (SSSR count). The van der Waals surface area contributed by atoms with E-state index in [0.717, 1.165) is 49.3 Å². The summed E-state index contributed by atoms with van der Waals surface area (Å²) in [5, 5.41) is 7.35. The molecule has 1 aliphatic rings. The number of nitrogens with one attached hydrogen (secondary N) is 1. The number of rotatable bonds is 4. The molecular formula is C17H24ClN5O. The Labute approximate surface area is 148 Å². The molecule has 1 aromatic carbocycles. The summed E-state index contributed by atoms with van der Waals surface area (Å²) < 4.78 is 1.70. The summed E-state index contributed by atoms with van der Waals surface area (Å²) in [4.78, 5) is 18.7. The van der Waals surface area contributed by atoms with Gasteiger partial charge in [0, 0.05) is 18.7 Å². The summed E-state index contributed by atoms with van der Waals surface area (Å²) in [6.45, 7) is 4.69. The highest BCUT2D eigenvalue weighted by Crippen LogP contribution is 2.21. The van der Waals surface area contributed by atoms with Crippen molar-refractivity contribution >= 4 is 18.3 Å². The Balaban J connectivity index is 0.00000208. The minimum absolute atomic E-state index is 0. The van der Waals surface area contributed by atoms with Crippen LogP contribution < -0.4 is 5.32 Å². The monoisotopic (exact) mass is 349 g/mol. The van der Waals surface area contributed by atoms with Gasteiger partial charge in [0.2, 0.25) is 0 Å². The highest BCUT2D eigenvalue weighted by molar-refractivity contribution is 5.96. The molecule has 1 N–H and O–H groups in total. The molecule has 6 nitrogen and oxygen atoms in total. The lowest BCUT2D eigenvalue weighted by Gasteiger charge is -2.32. The van der Waals surface area contributed by atoms with Crippen LogP contribution in [0.5, 0.6) is 0 Å². The second-order valence-corrected chi connectivity index (χ2v) is 6.13. The molecule has 130 valence electrons. The molecule has 0 radical (unpaired) electrons. The van der Waals surface area contributed by atoms with E-state index >= 15 is 0 Å². The van der Waals surface area contributed by atoms with Crippen LogP contribution in [-0.4, -0.2) is 52.3 Å². The maximum absolute atomic E-state index is 12.8. The Hall–Kier alpha value is -1.92. The molecule has 1 amide bonds. The van der Waals surface area contributed by atoms with Crippen LogP contribution in [0.2, 0.25) is 0 Å². The first kappa shape index (κ1) is 18.4. The number of hydrogen-bond acceptors (Lipinski definition) is 4. The lowest BCUT2D eigenvalue weighted by molar-refractivity contribution is 0.0690. The molecular weight excluding hydrogens is 326 g/mol. The van der Waals surface area contributed by atoms with Crippen molar-refractivity contribution in [3.8, 4) is 5.69 Å². The maximum Gasteiger partial charge on any atom is 0.254 e. The van der Waals surface area contributed by atoms with Crippen LogP contribution in [0, 0.1) is 12.8 Å². The molecule has 2 heterocycles. The minimum atomic E-state index is 0. The first-order valence-electron chi connectivity index (χ1n) is 8.08. The lowest BCUT2D eigenvalue weighted by Crippen LogP contribution is -2.40. The number of aryl methyl sites for hydroxylation is 1. The van der Waals surface area contributed by atoms with Gasteiger partial charge in [0.05, 0.1) is 5.69 Å². The minimum Gasteiger partial charge on any atom is -0.339 e. The molecule has 0 bridgehead atoms. The summed E-state index contributed by atoms with van der Waals surface area (Å²) in [6, 6.07) is 5.80. The number of aromatic nitrogens is 3. The van der Waals surface area contributed by atoms with Crippen molar-refractivity contribution in [1.82, 2.24) is 25.0 Å². The molecule has 24 heavy (non-hydrogen) atoms. The number of likely N-dealkylation sites (tertiary alicyclic amines) is 1. The second-order valence-electron chi connectivity index (χ2n) is 6.13. The van der Waals surface area contributed by atoms with Crippen molar-refractivity contribution in [3.05, 3.63) is 42.0 Å². The number of nitrogens with zero attached hydrogens (tertiary/aromatic N) is 4. The van der Waals surface area contributed by atoms with Crippen LogP contribution >= 0.6 is 12.4 Å². The van der Waals surface area contributed by atoms with Crippen LogP contribution in [0.4, 0.5) is 0 Å². The van der Waals surface area contributed by atoms with Crippen LogP contribution in [0.1, 0.15) is 28.8 Å². The number of amides is 1. The Bertz CT molecular complexity index is 666. The van der Waals surface area contributed by atoms with Gasteiger partial charge in [-0.15, -0.1) is 12.4 Å². The van der Waals surface area contributed by atoms with E-state index in [2.05, 4.69) is 15.4 Å². The van der Waals surface area contributed by atoms with E-state index in [1.807, 2.05) is 37.1 Å². The highest BCUT2D eigenvalue weighted by atomic mass is 35.5. The van der Waals surface area contributed by atoms with Gasteiger partial charge in [-0.3, -0.25) is 4.79 Å². The van der Waals surface area contributed by atoms with Crippen molar-refractivity contribution in [2.24, 2.45) is 5.92 Å². The van der Waals surface area contributed by atoms with E-state index in [1.165, 1.54) is 6.33 Å². The van der Waals surface area contributed by atoms with E-state index in [0.29, 0.717) is 5.92 Å². The fraction of sp³-hybridized carbons (Fsp3) is 0.471. The van der Waals surface area contributed by atoms with Crippen molar-refractivity contribution in [2.45, 2.75) is 19.8 Å². The van der Waals surface area contributed by atoms with E-state index < -0.39 is 0 Å². The van der Waals surface area contributed by atoms with Crippen molar-refractivity contribution in [3.63, 3.8) is 0 Å². The van der Waals surface area contributed by atoms with E-state index in [1.54, 1.807) is 11.0 Å². The molecule has 0 atom stereocenters. The first-order valence-corrected chi connectivity index (χ1v) is 8.08. The predicted octanol–water partition coefficient (Wildman–Crippen LogP) is 2.07. The number of halogens is 1. The van der Waals surface area contributed by atoms with Crippen molar-refractivity contribution in [2.75, 3.05) is 26.7 Å². The summed E-state index contributed by atoms with van der Waals surface area (Å²) in [6.07, 6.45) is 5.30. The highest BCUT2D eigenvalue weighted by Gasteiger charge is 2.24. The zero-order valence-electron chi connectivity index (χ0n) is 14.1. The van der Waals surface area contributed by atoms with Gasteiger partial charge in [-0.1, -0.05) is 0 Å². The second kappa shape index (κ2) is 8.26. The topological polar surface area (TPSA) is 63.1 Å². The van der Waals surface area contributed by atoms with Crippen LogP contribution in [0.3, 0.4) is 0 Å². The van der Waals surface area contributed by atoms with E-state index in [9.17, 15) is 4.79 Å².